The first-order valence-electron chi connectivity index (χ1n) is 14.8. The van der Waals surface area contributed by atoms with Crippen molar-refractivity contribution in [3.63, 3.8) is 0 Å². The van der Waals surface area contributed by atoms with Crippen LogP contribution in [-0.4, -0.2) is 24.1 Å². The summed E-state index contributed by atoms with van der Waals surface area (Å²) >= 11 is 1.59. The SMILES string of the molecule is CCCCCCCCCCCCCCCCCC(N)=O.CNC(=O)Nc1ccc(Sc2ccc(O)cc2)cc1. The molecule has 0 aromatic heterocycles. The van der Waals surface area contributed by atoms with E-state index in [1.807, 2.05) is 36.4 Å². The third-order valence-corrected chi connectivity index (χ3v) is 7.45. The second-order valence-corrected chi connectivity index (χ2v) is 11.1. The van der Waals surface area contributed by atoms with Crippen molar-refractivity contribution in [1.82, 2.24) is 5.32 Å². The molecular formula is C32H51N3O3S. The van der Waals surface area contributed by atoms with E-state index in [-0.39, 0.29) is 17.7 Å². The minimum Gasteiger partial charge on any atom is -0.508 e. The molecule has 7 heteroatoms. The highest BCUT2D eigenvalue weighted by Gasteiger charge is 2.01. The number of phenols is 1. The molecule has 5 N–H and O–H groups in total. The van der Waals surface area contributed by atoms with Crippen LogP contribution >= 0.6 is 11.8 Å². The van der Waals surface area contributed by atoms with E-state index in [0.29, 0.717) is 6.42 Å². The topological polar surface area (TPSA) is 104 Å². The van der Waals surface area contributed by atoms with Gasteiger partial charge in [0.2, 0.25) is 5.91 Å². The molecule has 218 valence electrons. The number of unbranched alkanes of at least 4 members (excludes halogenated alkanes) is 14. The number of hydrogen-bond acceptors (Lipinski definition) is 4. The van der Waals surface area contributed by atoms with Crippen LogP contribution in [0.4, 0.5) is 10.5 Å². The van der Waals surface area contributed by atoms with Crippen molar-refractivity contribution in [1.29, 1.82) is 0 Å². The number of urea groups is 1. The Hall–Kier alpha value is -2.67. The van der Waals surface area contributed by atoms with Gasteiger partial charge in [0.05, 0.1) is 0 Å². The van der Waals surface area contributed by atoms with Crippen LogP contribution in [0, 0.1) is 0 Å². The number of hydrogen-bond donors (Lipinski definition) is 4. The van der Waals surface area contributed by atoms with Gasteiger partial charge >= 0.3 is 6.03 Å². The number of rotatable bonds is 19. The Balaban J connectivity index is 0.000000390. The number of phenolic OH excluding ortho intramolecular Hbond substituents is 1. The van der Waals surface area contributed by atoms with Crippen molar-refractivity contribution in [2.75, 3.05) is 12.4 Å². The predicted octanol–water partition coefficient (Wildman–Crippen LogP) is 9.03. The van der Waals surface area contributed by atoms with Gasteiger partial charge in [0.25, 0.3) is 0 Å². The highest BCUT2D eigenvalue weighted by Crippen LogP contribution is 2.29. The lowest BCUT2D eigenvalue weighted by atomic mass is 10.0. The van der Waals surface area contributed by atoms with Crippen molar-refractivity contribution in [3.05, 3.63) is 48.5 Å². The van der Waals surface area contributed by atoms with E-state index in [2.05, 4.69) is 17.6 Å². The van der Waals surface area contributed by atoms with Gasteiger partial charge in [-0.15, -0.1) is 0 Å². The van der Waals surface area contributed by atoms with E-state index in [9.17, 15) is 14.7 Å². The van der Waals surface area contributed by atoms with Crippen LogP contribution in [0.25, 0.3) is 0 Å². The lowest BCUT2D eigenvalue weighted by Gasteiger charge is -2.06. The number of benzene rings is 2. The number of amides is 3. The van der Waals surface area contributed by atoms with Crippen LogP contribution in [0.3, 0.4) is 0 Å². The fraction of sp³-hybridized carbons (Fsp3) is 0.562. The third kappa shape index (κ3) is 20.0. The normalized spacial score (nSPS) is 10.4. The van der Waals surface area contributed by atoms with Gasteiger partial charge in [0.15, 0.2) is 0 Å². The molecule has 0 saturated heterocycles. The standard InChI is InChI=1S/C18H37NO.C14H14N2O2S/c1-2-3-4-5-6-7-8-9-10-11-12-13-14-15-16-17-18(19)20;1-15-14(18)16-10-2-6-12(7-3-10)19-13-8-4-11(17)5-9-13/h2-17H2,1H3,(H2,19,20);2-9,17H,1H3,(H2,15,16,18). The summed E-state index contributed by atoms with van der Waals surface area (Å²) in [4.78, 5) is 23.8. The number of nitrogens with one attached hydrogen (secondary N) is 2. The number of primary amides is 1. The van der Waals surface area contributed by atoms with Crippen LogP contribution in [0.5, 0.6) is 5.75 Å². The molecule has 6 nitrogen and oxygen atoms in total. The molecule has 0 bridgehead atoms. The quantitative estimate of drug-likeness (QED) is 0.129. The number of carbonyl (C=O) groups is 2. The Morgan fingerprint density at radius 2 is 1.10 bits per heavy atom. The van der Waals surface area contributed by atoms with Crippen LogP contribution < -0.4 is 16.4 Å². The Labute approximate surface area is 240 Å². The van der Waals surface area contributed by atoms with Crippen molar-refractivity contribution in [2.45, 2.75) is 119 Å². The number of aromatic hydroxyl groups is 1. The molecule has 2 rings (SSSR count). The zero-order chi connectivity index (χ0) is 28.6. The molecule has 0 aliphatic carbocycles. The molecule has 0 aliphatic rings. The molecular weight excluding hydrogens is 506 g/mol. The fourth-order valence-corrected chi connectivity index (χ4v) is 4.94. The molecule has 39 heavy (non-hydrogen) atoms. The fourth-order valence-electron chi connectivity index (χ4n) is 4.12. The average molecular weight is 558 g/mol. The van der Waals surface area contributed by atoms with E-state index in [1.54, 1.807) is 30.9 Å². The predicted molar refractivity (Wildman–Crippen MR) is 165 cm³/mol. The summed E-state index contributed by atoms with van der Waals surface area (Å²) in [6.45, 7) is 2.28. The van der Waals surface area contributed by atoms with Gasteiger partial charge in [-0.3, -0.25) is 4.79 Å². The smallest absolute Gasteiger partial charge is 0.318 e. The molecule has 2 aromatic rings. The Morgan fingerprint density at radius 3 is 1.51 bits per heavy atom. The van der Waals surface area contributed by atoms with E-state index < -0.39 is 0 Å². The van der Waals surface area contributed by atoms with Gasteiger partial charge in [0, 0.05) is 28.9 Å². The zero-order valence-electron chi connectivity index (χ0n) is 24.2. The number of nitrogens with two attached hydrogens (primary N) is 1. The van der Waals surface area contributed by atoms with Crippen LogP contribution in [-0.2, 0) is 4.79 Å². The molecule has 0 fully saturated rings. The maximum Gasteiger partial charge on any atom is 0.318 e. The van der Waals surface area contributed by atoms with Crippen molar-refractivity contribution in [3.8, 4) is 5.75 Å². The van der Waals surface area contributed by atoms with Gasteiger partial charge in [-0.25, -0.2) is 4.79 Å². The monoisotopic (exact) mass is 557 g/mol. The van der Waals surface area contributed by atoms with Gasteiger partial charge in [-0.1, -0.05) is 109 Å². The minimum absolute atomic E-state index is 0.153. The Morgan fingerprint density at radius 1 is 0.692 bits per heavy atom. The summed E-state index contributed by atoms with van der Waals surface area (Å²) in [7, 11) is 1.57. The molecule has 2 aromatic carbocycles. The molecule has 0 heterocycles. The summed E-state index contributed by atoms with van der Waals surface area (Å²) in [6, 6.07) is 14.3. The average Bonchev–Trinajstić information content (AvgIpc) is 2.93. The van der Waals surface area contributed by atoms with Crippen LogP contribution in [0.2, 0.25) is 0 Å². The Kier molecular flexibility index (Phi) is 20.5. The summed E-state index contributed by atoms with van der Waals surface area (Å²) in [5.41, 5.74) is 5.85. The number of carbonyl (C=O) groups excluding carboxylic acids is 2. The first-order chi connectivity index (χ1) is 18.9. The lowest BCUT2D eigenvalue weighted by molar-refractivity contribution is -0.118. The van der Waals surface area contributed by atoms with Gasteiger partial charge < -0.3 is 21.5 Å². The summed E-state index contributed by atoms with van der Waals surface area (Å²) in [5.74, 6) is 0.106. The van der Waals surface area contributed by atoms with Crippen LogP contribution in [0.1, 0.15) is 110 Å². The molecule has 3 amide bonds. The lowest BCUT2D eigenvalue weighted by Crippen LogP contribution is -2.24. The Bertz CT molecular complexity index is 889. The zero-order valence-corrected chi connectivity index (χ0v) is 25.0. The van der Waals surface area contributed by atoms with E-state index in [1.165, 1.54) is 89.9 Å². The van der Waals surface area contributed by atoms with Gasteiger partial charge in [-0.2, -0.15) is 0 Å². The maximum atomic E-state index is 11.1. The third-order valence-electron chi connectivity index (χ3n) is 6.44. The van der Waals surface area contributed by atoms with E-state index >= 15 is 0 Å². The van der Waals surface area contributed by atoms with Gasteiger partial charge in [-0.05, 0) is 55.0 Å². The summed E-state index contributed by atoms with van der Waals surface area (Å²) in [5, 5.41) is 14.4. The van der Waals surface area contributed by atoms with Crippen molar-refractivity contribution >= 4 is 29.4 Å². The second-order valence-electron chi connectivity index (χ2n) is 9.99. The molecule has 0 atom stereocenters. The first-order valence-corrected chi connectivity index (χ1v) is 15.6. The van der Waals surface area contributed by atoms with Crippen molar-refractivity contribution < 1.29 is 14.7 Å². The molecule has 0 spiro atoms. The highest BCUT2D eigenvalue weighted by molar-refractivity contribution is 7.99. The highest BCUT2D eigenvalue weighted by atomic mass is 32.2. The van der Waals surface area contributed by atoms with E-state index in [4.69, 9.17) is 5.73 Å². The first kappa shape index (κ1) is 34.4. The van der Waals surface area contributed by atoms with Crippen molar-refractivity contribution in [2.24, 2.45) is 5.73 Å². The van der Waals surface area contributed by atoms with E-state index in [0.717, 1.165) is 21.9 Å². The second kappa shape index (κ2) is 23.2. The molecule has 0 unspecified atom stereocenters. The maximum absolute atomic E-state index is 11.1. The molecule has 0 saturated carbocycles. The molecule has 0 aliphatic heterocycles. The number of anilines is 1. The van der Waals surface area contributed by atoms with Gasteiger partial charge in [0.1, 0.15) is 5.75 Å². The molecule has 0 radical (unpaired) electrons. The van der Waals surface area contributed by atoms with Crippen LogP contribution in [0.15, 0.2) is 58.3 Å². The largest absolute Gasteiger partial charge is 0.508 e. The minimum atomic E-state index is -0.237. The summed E-state index contributed by atoms with van der Waals surface area (Å²) < 4.78 is 0. The summed E-state index contributed by atoms with van der Waals surface area (Å²) in [6.07, 6.45) is 20.9.